The number of hydrogen-bond acceptors (Lipinski definition) is 6. The van der Waals surface area contributed by atoms with Gasteiger partial charge in [-0.3, -0.25) is 4.79 Å². The number of oxazole rings is 1. The third-order valence-corrected chi connectivity index (χ3v) is 6.16. The monoisotopic (exact) mass is 407 g/mol. The maximum absolute atomic E-state index is 12.8. The van der Waals surface area contributed by atoms with Crippen LogP contribution in [-0.4, -0.2) is 55.5 Å². The van der Waals surface area contributed by atoms with E-state index in [9.17, 15) is 9.90 Å². The van der Waals surface area contributed by atoms with Gasteiger partial charge in [-0.15, -0.1) is 0 Å². The van der Waals surface area contributed by atoms with E-state index in [4.69, 9.17) is 20.8 Å². The summed E-state index contributed by atoms with van der Waals surface area (Å²) in [5.74, 6) is -0.0916. The van der Waals surface area contributed by atoms with Gasteiger partial charge in [-0.25, -0.2) is 0 Å². The van der Waals surface area contributed by atoms with Gasteiger partial charge >= 0.3 is 0 Å². The van der Waals surface area contributed by atoms with Crippen LogP contribution in [-0.2, 0) is 9.53 Å². The molecule has 2 fully saturated rings. The van der Waals surface area contributed by atoms with Gasteiger partial charge in [0.2, 0.25) is 5.91 Å². The van der Waals surface area contributed by atoms with Gasteiger partial charge in [0.25, 0.3) is 6.01 Å². The summed E-state index contributed by atoms with van der Waals surface area (Å²) in [5.41, 5.74) is 1.15. The van der Waals surface area contributed by atoms with Crippen molar-refractivity contribution in [1.29, 1.82) is 0 Å². The molecule has 7 nitrogen and oxygen atoms in total. The summed E-state index contributed by atoms with van der Waals surface area (Å²) < 4.78 is 11.2. The molecule has 2 aliphatic heterocycles. The average molecular weight is 408 g/mol. The molecule has 2 aromatic rings. The van der Waals surface area contributed by atoms with Gasteiger partial charge in [0.15, 0.2) is 5.58 Å². The number of hydrogen-bond donors (Lipinski definition) is 2. The Bertz CT molecular complexity index is 834. The van der Waals surface area contributed by atoms with Gasteiger partial charge < -0.3 is 24.5 Å². The van der Waals surface area contributed by atoms with Crippen LogP contribution < -0.4 is 10.2 Å². The molecule has 1 aromatic carbocycles. The first-order chi connectivity index (χ1) is 13.6. The zero-order chi connectivity index (χ0) is 19.6. The number of carbonyl (C=O) groups is 1. The topological polar surface area (TPSA) is 87.8 Å². The number of halogens is 1. The second-order valence-corrected chi connectivity index (χ2v) is 8.32. The summed E-state index contributed by atoms with van der Waals surface area (Å²) >= 11 is 6.03. The molecule has 2 saturated heterocycles. The summed E-state index contributed by atoms with van der Waals surface area (Å²) in [4.78, 5) is 19.3. The first kappa shape index (κ1) is 19.5. The van der Waals surface area contributed by atoms with Gasteiger partial charge in [0.1, 0.15) is 5.52 Å². The second-order valence-electron chi connectivity index (χ2n) is 7.88. The van der Waals surface area contributed by atoms with E-state index in [1.165, 1.54) is 0 Å². The number of ether oxygens (including phenoxy) is 1. The number of nitrogens with zero attached hydrogens (tertiary/aromatic N) is 2. The van der Waals surface area contributed by atoms with Crippen LogP contribution in [0.3, 0.4) is 0 Å². The van der Waals surface area contributed by atoms with Gasteiger partial charge in [-0.1, -0.05) is 11.6 Å². The molecule has 0 aliphatic carbocycles. The number of nitrogens with one attached hydrogen (secondary N) is 1. The number of aliphatic hydroxyl groups excluding tert-OH is 1. The van der Waals surface area contributed by atoms with Crippen LogP contribution in [0.4, 0.5) is 6.01 Å². The Morgan fingerprint density at radius 2 is 2.21 bits per heavy atom. The summed E-state index contributed by atoms with van der Waals surface area (Å²) in [6, 6.07) is 5.90. The van der Waals surface area contributed by atoms with Crippen LogP contribution in [0.5, 0.6) is 0 Å². The van der Waals surface area contributed by atoms with Gasteiger partial charge in [0.05, 0.1) is 12.5 Å². The molecule has 1 unspecified atom stereocenters. The SMILES string of the molecule is O=C(NCC1(CO)CCOCC1)C1CCCN(c2nc3cc(Cl)ccc3o2)C1. The predicted molar refractivity (Wildman–Crippen MR) is 107 cm³/mol. The molecule has 4 rings (SSSR count). The third kappa shape index (κ3) is 4.11. The van der Waals surface area contributed by atoms with Crippen LogP contribution in [0, 0.1) is 11.3 Å². The van der Waals surface area contributed by atoms with Crippen molar-refractivity contribution in [2.75, 3.05) is 44.4 Å². The van der Waals surface area contributed by atoms with Gasteiger partial charge in [-0.2, -0.15) is 4.98 Å². The summed E-state index contributed by atoms with van der Waals surface area (Å²) in [5, 5.41) is 13.5. The van der Waals surface area contributed by atoms with Gasteiger partial charge in [-0.05, 0) is 43.9 Å². The molecule has 152 valence electrons. The van der Waals surface area contributed by atoms with E-state index in [0.29, 0.717) is 42.9 Å². The normalized spacial score (nSPS) is 22.4. The molecule has 1 amide bonds. The van der Waals surface area contributed by atoms with E-state index in [1.807, 2.05) is 11.0 Å². The Labute approximate surface area is 169 Å². The molecule has 0 saturated carbocycles. The Morgan fingerprint density at radius 3 is 3.00 bits per heavy atom. The standard InChI is InChI=1S/C20H26ClN3O4/c21-15-3-4-17-16(10-15)23-19(28-17)24-7-1-2-14(11-24)18(26)22-12-20(13-25)5-8-27-9-6-20/h3-4,10,14,25H,1-2,5-9,11-13H2,(H,22,26). The van der Waals surface area contributed by atoms with Crippen molar-refractivity contribution in [2.24, 2.45) is 11.3 Å². The molecule has 2 aliphatic rings. The van der Waals surface area contributed by atoms with E-state index >= 15 is 0 Å². The second kappa shape index (κ2) is 8.27. The first-order valence-corrected chi connectivity index (χ1v) is 10.2. The molecule has 8 heteroatoms. The van der Waals surface area contributed by atoms with E-state index < -0.39 is 0 Å². The number of aromatic nitrogens is 1. The summed E-state index contributed by atoms with van der Waals surface area (Å²) in [7, 11) is 0. The maximum atomic E-state index is 12.8. The van der Waals surface area contributed by atoms with Crippen LogP contribution in [0.15, 0.2) is 22.6 Å². The minimum absolute atomic E-state index is 0.0307. The van der Waals surface area contributed by atoms with Crippen molar-refractivity contribution < 1.29 is 19.1 Å². The molecule has 28 heavy (non-hydrogen) atoms. The number of rotatable bonds is 5. The largest absolute Gasteiger partial charge is 0.423 e. The smallest absolute Gasteiger partial charge is 0.298 e. The third-order valence-electron chi connectivity index (χ3n) is 5.93. The van der Waals surface area contributed by atoms with E-state index in [-0.39, 0.29) is 23.8 Å². The number of benzene rings is 1. The van der Waals surface area contributed by atoms with Gasteiger partial charge in [0, 0.05) is 43.3 Å². The zero-order valence-electron chi connectivity index (χ0n) is 15.8. The highest BCUT2D eigenvalue weighted by atomic mass is 35.5. The quantitative estimate of drug-likeness (QED) is 0.792. The van der Waals surface area contributed by atoms with Crippen molar-refractivity contribution >= 4 is 34.6 Å². The lowest BCUT2D eigenvalue weighted by Crippen LogP contribution is -2.48. The van der Waals surface area contributed by atoms with Crippen LogP contribution in [0.1, 0.15) is 25.7 Å². The van der Waals surface area contributed by atoms with Crippen molar-refractivity contribution in [3.8, 4) is 0 Å². The predicted octanol–water partition coefficient (Wildman–Crippen LogP) is 2.60. The van der Waals surface area contributed by atoms with Crippen molar-refractivity contribution in [3.05, 3.63) is 23.2 Å². The Morgan fingerprint density at radius 1 is 1.39 bits per heavy atom. The number of fused-ring (bicyclic) bond motifs is 1. The van der Waals surface area contributed by atoms with Crippen LogP contribution in [0.2, 0.25) is 5.02 Å². The molecular formula is C20H26ClN3O4. The van der Waals surface area contributed by atoms with Crippen LogP contribution in [0.25, 0.3) is 11.1 Å². The Kier molecular flexibility index (Phi) is 5.75. The minimum atomic E-state index is -0.262. The lowest BCUT2D eigenvalue weighted by Gasteiger charge is -2.36. The van der Waals surface area contributed by atoms with E-state index in [1.54, 1.807) is 12.1 Å². The molecule has 0 spiro atoms. The fraction of sp³-hybridized carbons (Fsp3) is 0.600. The molecule has 0 bridgehead atoms. The molecule has 3 heterocycles. The maximum Gasteiger partial charge on any atom is 0.298 e. The lowest BCUT2D eigenvalue weighted by molar-refractivity contribution is -0.126. The number of amides is 1. The molecule has 1 aromatic heterocycles. The number of carbonyl (C=O) groups excluding carboxylic acids is 1. The highest BCUT2D eigenvalue weighted by Gasteiger charge is 2.34. The number of aliphatic hydroxyl groups is 1. The fourth-order valence-electron chi connectivity index (χ4n) is 4.00. The van der Waals surface area contributed by atoms with Crippen LogP contribution >= 0.6 is 11.6 Å². The summed E-state index contributed by atoms with van der Waals surface area (Å²) in [6.45, 7) is 3.21. The van der Waals surface area contributed by atoms with E-state index in [0.717, 1.165) is 37.7 Å². The summed E-state index contributed by atoms with van der Waals surface area (Å²) in [6.07, 6.45) is 3.28. The molecule has 2 N–H and O–H groups in total. The first-order valence-electron chi connectivity index (χ1n) is 9.86. The highest BCUT2D eigenvalue weighted by Crippen LogP contribution is 2.30. The molecule has 0 radical (unpaired) electrons. The van der Waals surface area contributed by atoms with Crippen molar-refractivity contribution in [1.82, 2.24) is 10.3 Å². The minimum Gasteiger partial charge on any atom is -0.423 e. The number of anilines is 1. The van der Waals surface area contributed by atoms with E-state index in [2.05, 4.69) is 10.3 Å². The Hall–Kier alpha value is -1.83. The fourth-order valence-corrected chi connectivity index (χ4v) is 4.17. The Balaban J connectivity index is 1.39. The average Bonchev–Trinajstić information content (AvgIpc) is 3.16. The van der Waals surface area contributed by atoms with Crippen molar-refractivity contribution in [2.45, 2.75) is 25.7 Å². The van der Waals surface area contributed by atoms with Crippen molar-refractivity contribution in [3.63, 3.8) is 0 Å². The number of piperidine rings is 1. The highest BCUT2D eigenvalue weighted by molar-refractivity contribution is 6.31. The molecular weight excluding hydrogens is 382 g/mol. The molecule has 1 atom stereocenters. The lowest BCUT2D eigenvalue weighted by atomic mass is 9.81. The zero-order valence-corrected chi connectivity index (χ0v) is 16.6.